The number of para-hydroxylation sites is 1. The number of rotatable bonds is 1. The average Bonchev–Trinajstić information content (AvgIpc) is 2.52. The molecule has 2 aliphatic heterocycles. The van der Waals surface area contributed by atoms with Crippen LogP contribution < -0.4 is 5.63 Å². The zero-order valence-electron chi connectivity index (χ0n) is 13.7. The van der Waals surface area contributed by atoms with E-state index in [-0.39, 0.29) is 16.9 Å². The Bertz CT molecular complexity index is 851. The van der Waals surface area contributed by atoms with Gasteiger partial charge in [0.2, 0.25) is 0 Å². The zero-order chi connectivity index (χ0) is 16.9. The summed E-state index contributed by atoms with van der Waals surface area (Å²) in [4.78, 5) is 26.4. The van der Waals surface area contributed by atoms with Crippen molar-refractivity contribution in [1.82, 2.24) is 4.90 Å². The van der Waals surface area contributed by atoms with Crippen molar-refractivity contribution in [2.45, 2.75) is 19.6 Å². The zero-order valence-corrected chi connectivity index (χ0v) is 13.7. The second kappa shape index (κ2) is 5.16. The van der Waals surface area contributed by atoms with Gasteiger partial charge in [-0.2, -0.15) is 0 Å². The summed E-state index contributed by atoms with van der Waals surface area (Å²) in [5.74, 6) is -0.875. The van der Waals surface area contributed by atoms with Gasteiger partial charge in [-0.3, -0.25) is 4.79 Å². The fraction of sp³-hybridized carbons (Fsp3) is 0.444. The van der Waals surface area contributed by atoms with Crippen molar-refractivity contribution < 1.29 is 18.7 Å². The molecule has 126 valence electrons. The van der Waals surface area contributed by atoms with E-state index in [1.165, 1.54) is 0 Å². The molecule has 0 radical (unpaired) electrons. The maximum Gasteiger partial charge on any atom is 0.349 e. The molecule has 2 aromatic rings. The third-order valence-corrected chi connectivity index (χ3v) is 4.66. The number of benzene rings is 1. The van der Waals surface area contributed by atoms with Crippen LogP contribution in [0.5, 0.6) is 0 Å². The molecule has 0 aliphatic carbocycles. The lowest BCUT2D eigenvalue weighted by molar-refractivity contribution is -0.301. The van der Waals surface area contributed by atoms with Crippen LogP contribution in [-0.2, 0) is 9.47 Å². The number of carbonyl (C=O) groups is 1. The van der Waals surface area contributed by atoms with Crippen molar-refractivity contribution in [2.24, 2.45) is 5.41 Å². The molecular formula is C18H19NO5. The van der Waals surface area contributed by atoms with Crippen LogP contribution in [0.3, 0.4) is 0 Å². The molecule has 6 heteroatoms. The third kappa shape index (κ3) is 2.52. The van der Waals surface area contributed by atoms with Crippen LogP contribution in [0.25, 0.3) is 11.0 Å². The molecule has 1 aromatic heterocycles. The molecule has 24 heavy (non-hydrogen) atoms. The van der Waals surface area contributed by atoms with Crippen LogP contribution in [0.15, 0.2) is 39.5 Å². The van der Waals surface area contributed by atoms with Crippen LogP contribution in [0, 0.1) is 5.41 Å². The van der Waals surface area contributed by atoms with E-state index in [9.17, 15) is 9.59 Å². The quantitative estimate of drug-likeness (QED) is 0.749. The Morgan fingerprint density at radius 1 is 1.12 bits per heavy atom. The summed E-state index contributed by atoms with van der Waals surface area (Å²) in [5, 5.41) is 0.738. The fourth-order valence-corrected chi connectivity index (χ4v) is 3.21. The molecule has 1 aromatic carbocycles. The van der Waals surface area contributed by atoms with Gasteiger partial charge in [0, 0.05) is 18.5 Å². The highest BCUT2D eigenvalue weighted by Gasteiger charge is 2.50. The van der Waals surface area contributed by atoms with Gasteiger partial charge in [0.1, 0.15) is 11.1 Å². The van der Waals surface area contributed by atoms with Gasteiger partial charge in [0.05, 0.1) is 18.6 Å². The molecule has 3 heterocycles. The lowest BCUT2D eigenvalue weighted by Crippen LogP contribution is -2.66. The van der Waals surface area contributed by atoms with Gasteiger partial charge in [-0.15, -0.1) is 0 Å². The van der Waals surface area contributed by atoms with Gasteiger partial charge in [-0.25, -0.2) is 4.79 Å². The minimum absolute atomic E-state index is 0.0709. The molecule has 0 N–H and O–H groups in total. The summed E-state index contributed by atoms with van der Waals surface area (Å²) in [6.45, 7) is 5.90. The van der Waals surface area contributed by atoms with Crippen LogP contribution in [0.1, 0.15) is 24.2 Å². The molecule has 0 unspecified atom stereocenters. The number of hydrogen-bond acceptors (Lipinski definition) is 5. The number of hydrogen-bond donors (Lipinski definition) is 0. The predicted octanol–water partition coefficient (Wildman–Crippen LogP) is 2.02. The number of fused-ring (bicyclic) bond motifs is 1. The molecular weight excluding hydrogens is 310 g/mol. The molecule has 2 fully saturated rings. The molecule has 0 saturated carbocycles. The average molecular weight is 329 g/mol. The van der Waals surface area contributed by atoms with Crippen LogP contribution in [0.2, 0.25) is 0 Å². The highest BCUT2D eigenvalue weighted by atomic mass is 16.7. The Balaban J connectivity index is 1.52. The summed E-state index contributed by atoms with van der Waals surface area (Å²) in [7, 11) is 0. The molecule has 2 saturated heterocycles. The smallest absolute Gasteiger partial charge is 0.349 e. The SMILES string of the molecule is CC1(C)OCC2(CO1)CN(C(=O)c1cc3ccccc3oc1=O)C2. The summed E-state index contributed by atoms with van der Waals surface area (Å²) >= 11 is 0. The minimum atomic E-state index is -0.600. The minimum Gasteiger partial charge on any atom is -0.422 e. The van der Waals surface area contributed by atoms with Crippen molar-refractivity contribution >= 4 is 16.9 Å². The fourth-order valence-electron chi connectivity index (χ4n) is 3.21. The van der Waals surface area contributed by atoms with Gasteiger partial charge >= 0.3 is 5.63 Å². The molecule has 1 amide bonds. The van der Waals surface area contributed by atoms with E-state index in [1.807, 2.05) is 26.0 Å². The standard InChI is InChI=1S/C18H19NO5/c1-17(2)22-10-18(11-23-17)8-19(9-18)15(20)13-7-12-5-3-4-6-14(12)24-16(13)21/h3-7H,8-11H2,1-2H3. The molecule has 1 spiro atoms. The highest BCUT2D eigenvalue weighted by Crippen LogP contribution is 2.38. The summed E-state index contributed by atoms with van der Waals surface area (Å²) in [6, 6.07) is 8.76. The molecule has 6 nitrogen and oxygen atoms in total. The second-order valence-corrected chi connectivity index (χ2v) is 7.12. The van der Waals surface area contributed by atoms with Gasteiger partial charge < -0.3 is 18.8 Å². The van der Waals surface area contributed by atoms with Crippen LogP contribution >= 0.6 is 0 Å². The van der Waals surface area contributed by atoms with Crippen molar-refractivity contribution in [3.05, 3.63) is 46.3 Å². The first-order chi connectivity index (χ1) is 11.4. The van der Waals surface area contributed by atoms with Crippen molar-refractivity contribution in [3.63, 3.8) is 0 Å². The van der Waals surface area contributed by atoms with Crippen molar-refractivity contribution in [3.8, 4) is 0 Å². The van der Waals surface area contributed by atoms with Crippen molar-refractivity contribution in [2.75, 3.05) is 26.3 Å². The van der Waals surface area contributed by atoms with E-state index in [1.54, 1.807) is 23.1 Å². The van der Waals surface area contributed by atoms with Gasteiger partial charge in [-0.05, 0) is 26.0 Å². The largest absolute Gasteiger partial charge is 0.422 e. The molecule has 4 rings (SSSR count). The monoisotopic (exact) mass is 329 g/mol. The Morgan fingerprint density at radius 2 is 1.79 bits per heavy atom. The number of carbonyl (C=O) groups excluding carboxylic acids is 1. The normalized spacial score (nSPS) is 21.7. The van der Waals surface area contributed by atoms with Gasteiger partial charge in [-0.1, -0.05) is 18.2 Å². The highest BCUT2D eigenvalue weighted by molar-refractivity contribution is 5.97. The van der Waals surface area contributed by atoms with Gasteiger partial charge in [0.15, 0.2) is 5.79 Å². The Kier molecular flexibility index (Phi) is 3.30. The first kappa shape index (κ1) is 15.4. The first-order valence-corrected chi connectivity index (χ1v) is 7.98. The predicted molar refractivity (Wildman–Crippen MR) is 86.8 cm³/mol. The lowest BCUT2D eigenvalue weighted by atomic mass is 9.80. The van der Waals surface area contributed by atoms with E-state index in [0.717, 1.165) is 5.39 Å². The third-order valence-electron chi connectivity index (χ3n) is 4.66. The molecule has 0 atom stereocenters. The topological polar surface area (TPSA) is 69.0 Å². The number of amides is 1. The Morgan fingerprint density at radius 3 is 2.50 bits per heavy atom. The van der Waals surface area contributed by atoms with Crippen LogP contribution in [-0.4, -0.2) is 42.9 Å². The second-order valence-electron chi connectivity index (χ2n) is 7.12. The van der Waals surface area contributed by atoms with Crippen LogP contribution in [0.4, 0.5) is 0 Å². The van der Waals surface area contributed by atoms with E-state index in [4.69, 9.17) is 13.9 Å². The summed E-state index contributed by atoms with van der Waals surface area (Å²) in [6.07, 6.45) is 0. The lowest BCUT2D eigenvalue weighted by Gasteiger charge is -2.53. The van der Waals surface area contributed by atoms with Gasteiger partial charge in [0.25, 0.3) is 5.91 Å². The van der Waals surface area contributed by atoms with E-state index < -0.39 is 11.4 Å². The number of ether oxygens (including phenoxy) is 2. The molecule has 2 aliphatic rings. The molecule has 0 bridgehead atoms. The number of likely N-dealkylation sites (tertiary alicyclic amines) is 1. The number of nitrogens with zero attached hydrogens (tertiary/aromatic N) is 1. The Hall–Kier alpha value is -2.18. The van der Waals surface area contributed by atoms with E-state index in [2.05, 4.69) is 0 Å². The van der Waals surface area contributed by atoms with E-state index in [0.29, 0.717) is 31.9 Å². The van der Waals surface area contributed by atoms with E-state index >= 15 is 0 Å². The maximum absolute atomic E-state index is 12.6. The first-order valence-electron chi connectivity index (χ1n) is 7.98. The van der Waals surface area contributed by atoms with Crippen molar-refractivity contribution in [1.29, 1.82) is 0 Å². The Labute approximate surface area is 139 Å². The maximum atomic E-state index is 12.6. The summed E-state index contributed by atoms with van der Waals surface area (Å²) < 4.78 is 16.6. The summed E-state index contributed by atoms with van der Waals surface area (Å²) in [5.41, 5.74) is -0.212.